The minimum atomic E-state index is -0.992. The molecule has 1 amide bonds. The Morgan fingerprint density at radius 1 is 1.56 bits per heavy atom. The molecular weight excluding hydrogens is 258 g/mol. The molecule has 1 aliphatic heterocycles. The van der Waals surface area contributed by atoms with E-state index in [9.17, 15) is 9.59 Å². The first kappa shape index (κ1) is 15.3. The molecule has 0 radical (unpaired) electrons. The van der Waals surface area contributed by atoms with E-state index < -0.39 is 12.0 Å². The van der Waals surface area contributed by atoms with Gasteiger partial charge in [0.15, 0.2) is 0 Å². The molecule has 0 spiro atoms. The van der Waals surface area contributed by atoms with Crippen molar-refractivity contribution in [3.63, 3.8) is 0 Å². The first-order valence-corrected chi connectivity index (χ1v) is 7.02. The Labute approximate surface area is 110 Å². The molecule has 1 rings (SSSR count). The lowest BCUT2D eigenvalue weighted by Crippen LogP contribution is -2.40. The maximum Gasteiger partial charge on any atom is 0.326 e. The first-order valence-electron chi connectivity index (χ1n) is 5.86. The van der Waals surface area contributed by atoms with Gasteiger partial charge in [-0.3, -0.25) is 4.79 Å². The Balaban J connectivity index is 2.13. The molecule has 2 N–H and O–H groups in total. The van der Waals surface area contributed by atoms with Crippen LogP contribution in [0, 0.1) is 0 Å². The quantitative estimate of drug-likeness (QED) is 0.658. The van der Waals surface area contributed by atoms with E-state index in [1.807, 2.05) is 0 Å². The minimum absolute atomic E-state index is 0.188. The molecule has 0 aromatic carbocycles. The summed E-state index contributed by atoms with van der Waals surface area (Å²) < 4.78 is 10.4. The predicted octanol–water partition coefficient (Wildman–Crippen LogP) is 0.462. The monoisotopic (exact) mass is 277 g/mol. The summed E-state index contributed by atoms with van der Waals surface area (Å²) in [7, 11) is 0. The fourth-order valence-corrected chi connectivity index (χ4v) is 2.65. The highest BCUT2D eigenvalue weighted by molar-refractivity contribution is 7.99. The van der Waals surface area contributed by atoms with Crippen molar-refractivity contribution < 1.29 is 24.2 Å². The summed E-state index contributed by atoms with van der Waals surface area (Å²) in [6, 6.07) is -0.800. The standard InChI is InChI=1S/C11H19NO5S/c1-8(13)12-10(11(14)15)3-5-18-6-9-2-4-16-7-17-9/h9-10H,2-7H2,1H3,(H,12,13)(H,14,15). The Bertz CT molecular complexity index is 281. The zero-order valence-corrected chi connectivity index (χ0v) is 11.2. The molecule has 2 unspecified atom stereocenters. The fraction of sp³-hybridized carbons (Fsp3) is 0.818. The molecule has 1 fully saturated rings. The number of rotatable bonds is 7. The lowest BCUT2D eigenvalue weighted by Gasteiger charge is -2.22. The number of amides is 1. The van der Waals surface area contributed by atoms with Gasteiger partial charge in [-0.05, 0) is 18.6 Å². The van der Waals surface area contributed by atoms with Crippen LogP contribution in [0.5, 0.6) is 0 Å². The minimum Gasteiger partial charge on any atom is -0.480 e. The lowest BCUT2D eigenvalue weighted by molar-refractivity contribution is -0.141. The predicted molar refractivity (Wildman–Crippen MR) is 67.5 cm³/mol. The molecule has 6 nitrogen and oxygen atoms in total. The molecule has 18 heavy (non-hydrogen) atoms. The van der Waals surface area contributed by atoms with Crippen molar-refractivity contribution in [1.82, 2.24) is 5.32 Å². The summed E-state index contributed by atoms with van der Waals surface area (Å²) in [5.41, 5.74) is 0. The maximum absolute atomic E-state index is 10.9. The normalized spacial score (nSPS) is 21.3. The molecule has 1 aliphatic rings. The lowest BCUT2D eigenvalue weighted by atomic mass is 10.2. The highest BCUT2D eigenvalue weighted by Crippen LogP contribution is 2.14. The highest BCUT2D eigenvalue weighted by atomic mass is 32.2. The number of carbonyl (C=O) groups is 2. The number of hydrogen-bond donors (Lipinski definition) is 2. The summed E-state index contributed by atoms with van der Waals surface area (Å²) in [5.74, 6) is 0.196. The number of hydrogen-bond acceptors (Lipinski definition) is 5. The van der Waals surface area contributed by atoms with Gasteiger partial charge >= 0.3 is 5.97 Å². The summed E-state index contributed by atoms with van der Waals surface area (Å²) in [6.45, 7) is 2.38. The second-order valence-corrected chi connectivity index (χ2v) is 5.21. The number of aliphatic carboxylic acids is 1. The van der Waals surface area contributed by atoms with Crippen molar-refractivity contribution in [2.24, 2.45) is 0 Å². The van der Waals surface area contributed by atoms with E-state index in [1.54, 1.807) is 11.8 Å². The van der Waals surface area contributed by atoms with Crippen molar-refractivity contribution in [2.75, 3.05) is 24.9 Å². The van der Waals surface area contributed by atoms with E-state index in [4.69, 9.17) is 14.6 Å². The first-order chi connectivity index (χ1) is 8.59. The van der Waals surface area contributed by atoms with Crippen LogP contribution < -0.4 is 5.32 Å². The van der Waals surface area contributed by atoms with E-state index in [2.05, 4.69) is 5.32 Å². The average Bonchev–Trinajstić information content (AvgIpc) is 2.33. The van der Waals surface area contributed by atoms with Crippen molar-refractivity contribution in [3.05, 3.63) is 0 Å². The third-order valence-electron chi connectivity index (χ3n) is 2.50. The molecule has 2 atom stereocenters. The van der Waals surface area contributed by atoms with Crippen molar-refractivity contribution in [1.29, 1.82) is 0 Å². The van der Waals surface area contributed by atoms with Crippen LogP contribution in [-0.2, 0) is 19.1 Å². The Hall–Kier alpha value is -0.790. The Kier molecular flexibility index (Phi) is 7.07. The van der Waals surface area contributed by atoms with Gasteiger partial charge in [0.25, 0.3) is 0 Å². The van der Waals surface area contributed by atoms with Crippen molar-refractivity contribution in [2.45, 2.75) is 31.9 Å². The zero-order chi connectivity index (χ0) is 13.4. The smallest absolute Gasteiger partial charge is 0.326 e. The van der Waals surface area contributed by atoms with E-state index in [1.165, 1.54) is 6.92 Å². The summed E-state index contributed by atoms with van der Waals surface area (Å²) in [6.07, 6.45) is 1.48. The van der Waals surface area contributed by atoms with Gasteiger partial charge in [-0.1, -0.05) is 0 Å². The van der Waals surface area contributed by atoms with Gasteiger partial charge in [0.2, 0.25) is 5.91 Å². The second-order valence-electron chi connectivity index (χ2n) is 4.06. The number of carboxylic acids is 1. The van der Waals surface area contributed by atoms with Crippen LogP contribution in [0.25, 0.3) is 0 Å². The fourth-order valence-electron chi connectivity index (χ4n) is 1.55. The molecular formula is C11H19NO5S. The van der Waals surface area contributed by atoms with Gasteiger partial charge in [-0.2, -0.15) is 11.8 Å². The zero-order valence-electron chi connectivity index (χ0n) is 10.4. The summed E-state index contributed by atoms with van der Waals surface area (Å²) in [4.78, 5) is 21.7. The molecule has 0 aromatic rings. The number of carbonyl (C=O) groups excluding carboxylic acids is 1. The van der Waals surface area contributed by atoms with Crippen LogP contribution in [-0.4, -0.2) is 54.0 Å². The van der Waals surface area contributed by atoms with Crippen molar-refractivity contribution in [3.8, 4) is 0 Å². The van der Waals surface area contributed by atoms with Crippen LogP contribution in [0.4, 0.5) is 0 Å². The van der Waals surface area contributed by atoms with Gasteiger partial charge in [0.05, 0.1) is 12.7 Å². The van der Waals surface area contributed by atoms with Gasteiger partial charge in [-0.15, -0.1) is 0 Å². The second kappa shape index (κ2) is 8.34. The van der Waals surface area contributed by atoms with Crippen LogP contribution >= 0.6 is 11.8 Å². The van der Waals surface area contributed by atoms with Gasteiger partial charge in [0.1, 0.15) is 12.8 Å². The van der Waals surface area contributed by atoms with E-state index >= 15 is 0 Å². The summed E-state index contributed by atoms with van der Waals surface area (Å²) in [5, 5.41) is 11.3. The third kappa shape index (κ3) is 6.23. The van der Waals surface area contributed by atoms with Crippen LogP contribution in [0.1, 0.15) is 19.8 Å². The van der Waals surface area contributed by atoms with E-state index in [0.717, 1.165) is 18.8 Å². The molecule has 7 heteroatoms. The SMILES string of the molecule is CC(=O)NC(CCSCC1CCOCO1)C(=O)O. The van der Waals surface area contributed by atoms with E-state index in [-0.39, 0.29) is 12.0 Å². The molecule has 0 aromatic heterocycles. The van der Waals surface area contributed by atoms with Gasteiger partial charge in [-0.25, -0.2) is 4.79 Å². The molecule has 0 bridgehead atoms. The molecule has 1 saturated heterocycles. The number of thioether (sulfide) groups is 1. The highest BCUT2D eigenvalue weighted by Gasteiger charge is 2.19. The summed E-state index contributed by atoms with van der Waals surface area (Å²) >= 11 is 1.64. The van der Waals surface area contributed by atoms with Gasteiger partial charge in [0, 0.05) is 12.7 Å². The average molecular weight is 277 g/mol. The van der Waals surface area contributed by atoms with Crippen LogP contribution in [0.15, 0.2) is 0 Å². The number of nitrogens with one attached hydrogen (secondary N) is 1. The van der Waals surface area contributed by atoms with Gasteiger partial charge < -0.3 is 19.9 Å². The number of ether oxygens (including phenoxy) is 2. The maximum atomic E-state index is 10.9. The molecule has 104 valence electrons. The molecule has 0 aliphatic carbocycles. The van der Waals surface area contributed by atoms with Crippen LogP contribution in [0.3, 0.4) is 0 Å². The Morgan fingerprint density at radius 2 is 2.33 bits per heavy atom. The largest absolute Gasteiger partial charge is 0.480 e. The van der Waals surface area contributed by atoms with Crippen molar-refractivity contribution >= 4 is 23.6 Å². The third-order valence-corrected chi connectivity index (χ3v) is 3.63. The molecule has 0 saturated carbocycles. The van der Waals surface area contributed by atoms with E-state index in [0.29, 0.717) is 19.0 Å². The molecule has 1 heterocycles. The number of carboxylic acid groups (broad SMARTS) is 1. The Morgan fingerprint density at radius 3 is 2.89 bits per heavy atom. The topological polar surface area (TPSA) is 84.9 Å². The van der Waals surface area contributed by atoms with Crippen LogP contribution in [0.2, 0.25) is 0 Å².